The fraction of sp³-hybridized carbons (Fsp3) is 0.233. The van der Waals surface area contributed by atoms with Gasteiger partial charge in [0.2, 0.25) is 0 Å². The summed E-state index contributed by atoms with van der Waals surface area (Å²) in [6, 6.07) is 17.4. The molecule has 0 N–H and O–H groups in total. The van der Waals surface area contributed by atoms with Gasteiger partial charge < -0.3 is 23.7 Å². The lowest BCUT2D eigenvalue weighted by molar-refractivity contribution is -0.137. The molecule has 0 bridgehead atoms. The molecule has 0 fully saturated rings. The Morgan fingerprint density at radius 2 is 1.33 bits per heavy atom. The standard InChI is InChI=1S/C30H29ClO8/c1-3-28(32)37-19-7-5-4-6-18-36-24-11-8-21(9-12-24)29(33)39-27-17-10-22(20-26(27)31)30(34)38-25-15-13-23(35-2)14-16-25/h3,8-17,20H,1,4-7,18-19H2,2H3. The van der Waals surface area contributed by atoms with Crippen LogP contribution in [-0.4, -0.2) is 38.2 Å². The Hall–Kier alpha value is -4.30. The summed E-state index contributed by atoms with van der Waals surface area (Å²) < 4.78 is 26.5. The molecule has 0 spiro atoms. The molecule has 0 aliphatic heterocycles. The highest BCUT2D eigenvalue weighted by molar-refractivity contribution is 6.32. The fourth-order valence-electron chi connectivity index (χ4n) is 3.35. The lowest BCUT2D eigenvalue weighted by atomic mass is 10.2. The first kappa shape index (κ1) is 29.3. The number of ether oxygens (including phenoxy) is 5. The molecule has 0 aliphatic rings. The molecule has 3 rings (SSSR count). The van der Waals surface area contributed by atoms with E-state index in [2.05, 4.69) is 6.58 Å². The van der Waals surface area contributed by atoms with Crippen molar-refractivity contribution in [2.24, 2.45) is 0 Å². The number of unbranched alkanes of at least 4 members (excludes halogenated alkanes) is 3. The van der Waals surface area contributed by atoms with E-state index < -0.39 is 17.9 Å². The van der Waals surface area contributed by atoms with Crippen LogP contribution in [0.15, 0.2) is 79.4 Å². The van der Waals surface area contributed by atoms with E-state index >= 15 is 0 Å². The molecule has 0 saturated heterocycles. The van der Waals surface area contributed by atoms with Crippen LogP contribution in [0.25, 0.3) is 0 Å². The van der Waals surface area contributed by atoms with Crippen LogP contribution in [0.4, 0.5) is 0 Å². The highest BCUT2D eigenvalue weighted by atomic mass is 35.5. The van der Waals surface area contributed by atoms with Crippen LogP contribution in [-0.2, 0) is 9.53 Å². The van der Waals surface area contributed by atoms with E-state index in [0.29, 0.717) is 36.0 Å². The van der Waals surface area contributed by atoms with Crippen LogP contribution in [0.2, 0.25) is 5.02 Å². The average Bonchev–Trinajstić information content (AvgIpc) is 2.95. The maximum Gasteiger partial charge on any atom is 0.343 e. The molecule has 0 aromatic heterocycles. The zero-order chi connectivity index (χ0) is 28.0. The van der Waals surface area contributed by atoms with Crippen LogP contribution in [0.5, 0.6) is 23.0 Å². The second kappa shape index (κ2) is 15.2. The zero-order valence-corrected chi connectivity index (χ0v) is 22.3. The third kappa shape index (κ3) is 9.50. The van der Waals surface area contributed by atoms with E-state index in [4.69, 9.17) is 35.3 Å². The van der Waals surface area contributed by atoms with Crippen molar-refractivity contribution < 1.29 is 38.1 Å². The molecule has 0 saturated carbocycles. The van der Waals surface area contributed by atoms with Crippen molar-refractivity contribution in [2.75, 3.05) is 20.3 Å². The first-order chi connectivity index (χ1) is 18.9. The molecule has 0 radical (unpaired) electrons. The molecular weight excluding hydrogens is 524 g/mol. The summed E-state index contributed by atoms with van der Waals surface area (Å²) in [6.07, 6.45) is 4.65. The minimum atomic E-state index is -0.607. The van der Waals surface area contributed by atoms with Gasteiger partial charge in [-0.15, -0.1) is 0 Å². The van der Waals surface area contributed by atoms with Gasteiger partial charge in [-0.05, 0) is 92.4 Å². The van der Waals surface area contributed by atoms with E-state index in [9.17, 15) is 14.4 Å². The topological polar surface area (TPSA) is 97.4 Å². The van der Waals surface area contributed by atoms with E-state index in [-0.39, 0.29) is 16.3 Å². The highest BCUT2D eigenvalue weighted by Crippen LogP contribution is 2.27. The smallest absolute Gasteiger partial charge is 0.343 e. The second-order valence-electron chi connectivity index (χ2n) is 8.26. The minimum absolute atomic E-state index is 0.0892. The van der Waals surface area contributed by atoms with E-state index in [1.54, 1.807) is 55.6 Å². The summed E-state index contributed by atoms with van der Waals surface area (Å²) in [5, 5.41) is 0.0892. The predicted octanol–water partition coefficient (Wildman–Crippen LogP) is 6.46. The number of esters is 3. The number of carbonyl (C=O) groups excluding carboxylic acids is 3. The van der Waals surface area contributed by atoms with Crippen molar-refractivity contribution in [3.63, 3.8) is 0 Å². The zero-order valence-electron chi connectivity index (χ0n) is 21.5. The van der Waals surface area contributed by atoms with Gasteiger partial charge in [0.05, 0.1) is 36.5 Å². The average molecular weight is 553 g/mol. The predicted molar refractivity (Wildman–Crippen MR) is 146 cm³/mol. The Kier molecular flexibility index (Phi) is 11.4. The molecule has 3 aromatic carbocycles. The summed E-state index contributed by atoms with van der Waals surface area (Å²) in [5.41, 5.74) is 0.517. The number of hydrogen-bond donors (Lipinski definition) is 0. The van der Waals surface area contributed by atoms with Crippen molar-refractivity contribution in [3.05, 3.63) is 95.5 Å². The SMILES string of the molecule is C=CC(=O)OCCCCCCOc1ccc(C(=O)Oc2ccc(C(=O)Oc3ccc(OC)cc3)cc2Cl)cc1. The van der Waals surface area contributed by atoms with Crippen molar-refractivity contribution >= 4 is 29.5 Å². The number of halogens is 1. The highest BCUT2D eigenvalue weighted by Gasteiger charge is 2.15. The van der Waals surface area contributed by atoms with Crippen LogP contribution < -0.4 is 18.9 Å². The Morgan fingerprint density at radius 1 is 0.744 bits per heavy atom. The first-order valence-electron chi connectivity index (χ1n) is 12.3. The van der Waals surface area contributed by atoms with Crippen LogP contribution in [0.3, 0.4) is 0 Å². The molecule has 0 atom stereocenters. The van der Waals surface area contributed by atoms with Gasteiger partial charge in [0, 0.05) is 6.08 Å². The summed E-state index contributed by atoms with van der Waals surface area (Å²) in [7, 11) is 1.54. The number of benzene rings is 3. The fourth-order valence-corrected chi connectivity index (χ4v) is 3.56. The Bertz CT molecular complexity index is 1270. The van der Waals surface area contributed by atoms with E-state index in [0.717, 1.165) is 31.8 Å². The number of methoxy groups -OCH3 is 1. The molecule has 8 nitrogen and oxygen atoms in total. The monoisotopic (exact) mass is 552 g/mol. The van der Waals surface area contributed by atoms with Crippen molar-refractivity contribution in [1.82, 2.24) is 0 Å². The van der Waals surface area contributed by atoms with Crippen LogP contribution in [0.1, 0.15) is 46.4 Å². The summed E-state index contributed by atoms with van der Waals surface area (Å²) in [4.78, 5) is 36.0. The van der Waals surface area contributed by atoms with E-state index in [1.165, 1.54) is 18.2 Å². The Balaban J connectivity index is 1.43. The number of rotatable bonds is 14. The number of hydrogen-bond acceptors (Lipinski definition) is 8. The normalized spacial score (nSPS) is 10.3. The lowest BCUT2D eigenvalue weighted by Crippen LogP contribution is -2.11. The molecule has 0 heterocycles. The molecule has 0 amide bonds. The number of carbonyl (C=O) groups is 3. The van der Waals surface area contributed by atoms with Gasteiger partial charge in [-0.2, -0.15) is 0 Å². The molecule has 0 aliphatic carbocycles. The van der Waals surface area contributed by atoms with Gasteiger partial charge in [0.15, 0.2) is 0 Å². The molecular formula is C30H29ClO8. The summed E-state index contributed by atoms with van der Waals surface area (Å²) >= 11 is 6.26. The third-order valence-electron chi connectivity index (χ3n) is 5.45. The van der Waals surface area contributed by atoms with Gasteiger partial charge >= 0.3 is 17.9 Å². The molecule has 3 aromatic rings. The maximum absolute atomic E-state index is 12.6. The quantitative estimate of drug-likeness (QED) is 0.0973. The van der Waals surface area contributed by atoms with Gasteiger partial charge in [0.1, 0.15) is 23.0 Å². The van der Waals surface area contributed by atoms with Gasteiger partial charge in [-0.3, -0.25) is 0 Å². The van der Waals surface area contributed by atoms with Gasteiger partial charge in [-0.1, -0.05) is 18.2 Å². The molecule has 0 unspecified atom stereocenters. The van der Waals surface area contributed by atoms with Crippen molar-refractivity contribution in [1.29, 1.82) is 0 Å². The van der Waals surface area contributed by atoms with Crippen molar-refractivity contribution in [2.45, 2.75) is 25.7 Å². The lowest BCUT2D eigenvalue weighted by Gasteiger charge is -2.10. The summed E-state index contributed by atoms with van der Waals surface area (Å²) in [6.45, 7) is 4.26. The maximum atomic E-state index is 12.6. The minimum Gasteiger partial charge on any atom is -0.497 e. The van der Waals surface area contributed by atoms with Crippen LogP contribution in [0, 0.1) is 0 Å². The largest absolute Gasteiger partial charge is 0.497 e. The Morgan fingerprint density at radius 3 is 1.97 bits per heavy atom. The molecule has 9 heteroatoms. The molecule has 39 heavy (non-hydrogen) atoms. The van der Waals surface area contributed by atoms with Crippen molar-refractivity contribution in [3.8, 4) is 23.0 Å². The first-order valence-corrected chi connectivity index (χ1v) is 12.7. The summed E-state index contributed by atoms with van der Waals surface area (Å²) in [5.74, 6) is 0.115. The third-order valence-corrected chi connectivity index (χ3v) is 5.74. The Labute approximate surface area is 232 Å². The van der Waals surface area contributed by atoms with Gasteiger partial charge in [-0.25, -0.2) is 14.4 Å². The molecule has 204 valence electrons. The van der Waals surface area contributed by atoms with E-state index in [1.807, 2.05) is 0 Å². The second-order valence-corrected chi connectivity index (χ2v) is 8.67. The van der Waals surface area contributed by atoms with Crippen LogP contribution >= 0.6 is 11.6 Å². The van der Waals surface area contributed by atoms with Gasteiger partial charge in [0.25, 0.3) is 0 Å².